The summed E-state index contributed by atoms with van der Waals surface area (Å²) in [6.45, 7) is 2.07. The molecular weight excluding hydrogens is 487 g/mol. The largest absolute Gasteiger partial charge is 0.206 e. The molecule has 0 nitrogen and oxygen atoms in total. The molecule has 0 aliphatic heterocycles. The molecule has 2 aliphatic rings. The number of aryl methyl sites for hydroxylation is 1. The van der Waals surface area contributed by atoms with Crippen LogP contribution in [-0.2, 0) is 0 Å². The van der Waals surface area contributed by atoms with Gasteiger partial charge in [0.2, 0.25) is 0 Å². The number of rotatable bonds is 2. The highest BCUT2D eigenvalue weighted by Gasteiger charge is 2.26. The number of fused-ring (bicyclic) bond motifs is 6. The maximum atomic E-state index is 16.8. The molecule has 0 amide bonds. The van der Waals surface area contributed by atoms with Crippen LogP contribution in [0.5, 0.6) is 0 Å². The minimum Gasteiger partial charge on any atom is -0.206 e. The Labute approximate surface area is 232 Å². The van der Waals surface area contributed by atoms with Crippen molar-refractivity contribution in [1.29, 1.82) is 0 Å². The number of hydrogen-bond donors (Lipinski definition) is 0. The molecule has 1 heteroatoms. The fourth-order valence-corrected chi connectivity index (χ4v) is 7.25. The molecule has 0 spiro atoms. The van der Waals surface area contributed by atoms with Gasteiger partial charge < -0.3 is 0 Å². The molecule has 0 saturated carbocycles. The SMILES string of the molecule is Cc1cc(-c2ccc3c4c(cccc24)-c2ccccc2-3)c(F)c(-c2ccc3c4c(cccc24)-c2ccccc2-3)c1. The minimum absolute atomic E-state index is 0.168. The van der Waals surface area contributed by atoms with E-state index in [4.69, 9.17) is 0 Å². The average molecular weight is 511 g/mol. The van der Waals surface area contributed by atoms with Crippen LogP contribution in [0.2, 0.25) is 0 Å². The molecule has 0 fully saturated rings. The molecule has 0 bridgehead atoms. The van der Waals surface area contributed by atoms with E-state index in [-0.39, 0.29) is 5.82 Å². The third kappa shape index (κ3) is 2.74. The third-order valence-corrected chi connectivity index (χ3v) is 8.89. The molecule has 0 atom stereocenters. The predicted molar refractivity (Wildman–Crippen MR) is 166 cm³/mol. The molecule has 2 aliphatic carbocycles. The summed E-state index contributed by atoms with van der Waals surface area (Å²) in [7, 11) is 0. The average Bonchev–Trinajstić information content (AvgIpc) is 3.50. The van der Waals surface area contributed by atoms with E-state index in [2.05, 4.69) is 116 Å². The van der Waals surface area contributed by atoms with Crippen LogP contribution in [-0.4, -0.2) is 0 Å². The van der Waals surface area contributed by atoms with Gasteiger partial charge in [-0.15, -0.1) is 0 Å². The van der Waals surface area contributed by atoms with Crippen LogP contribution in [0.25, 0.3) is 88.3 Å². The van der Waals surface area contributed by atoms with Gasteiger partial charge >= 0.3 is 0 Å². The van der Waals surface area contributed by atoms with E-state index in [9.17, 15) is 0 Å². The van der Waals surface area contributed by atoms with Gasteiger partial charge in [0.15, 0.2) is 0 Å². The first kappa shape index (κ1) is 21.9. The second-order valence-electron chi connectivity index (χ2n) is 11.0. The molecular formula is C39H23F. The summed E-state index contributed by atoms with van der Waals surface area (Å²) in [6.07, 6.45) is 0. The Morgan fingerprint density at radius 1 is 0.350 bits per heavy atom. The Kier molecular flexibility index (Phi) is 4.25. The van der Waals surface area contributed by atoms with Crippen molar-refractivity contribution in [2.75, 3.05) is 0 Å². The molecule has 7 aromatic rings. The summed E-state index contributed by atoms with van der Waals surface area (Å²) >= 11 is 0. The summed E-state index contributed by atoms with van der Waals surface area (Å²) in [5, 5.41) is 4.62. The summed E-state index contributed by atoms with van der Waals surface area (Å²) in [4.78, 5) is 0. The van der Waals surface area contributed by atoms with Gasteiger partial charge in [0, 0.05) is 11.1 Å². The van der Waals surface area contributed by atoms with Crippen LogP contribution in [0.15, 0.2) is 121 Å². The topological polar surface area (TPSA) is 0 Å². The maximum Gasteiger partial charge on any atom is 0.138 e. The zero-order valence-corrected chi connectivity index (χ0v) is 21.9. The van der Waals surface area contributed by atoms with E-state index >= 15 is 4.39 Å². The van der Waals surface area contributed by atoms with E-state index in [1.54, 1.807) is 0 Å². The van der Waals surface area contributed by atoms with Gasteiger partial charge in [0.05, 0.1) is 0 Å². The zero-order valence-electron chi connectivity index (χ0n) is 21.9. The van der Waals surface area contributed by atoms with E-state index in [0.717, 1.165) is 27.5 Å². The van der Waals surface area contributed by atoms with Gasteiger partial charge in [-0.1, -0.05) is 109 Å². The predicted octanol–water partition coefficient (Wildman–Crippen LogP) is 11.1. The minimum atomic E-state index is -0.168. The Balaban J connectivity index is 1.30. The van der Waals surface area contributed by atoms with Crippen molar-refractivity contribution in [2.45, 2.75) is 6.92 Å². The van der Waals surface area contributed by atoms with Crippen molar-refractivity contribution >= 4 is 21.5 Å². The number of hydrogen-bond acceptors (Lipinski definition) is 0. The summed E-state index contributed by atoms with van der Waals surface area (Å²) < 4.78 is 16.8. The Morgan fingerprint density at radius 2 is 0.700 bits per heavy atom. The van der Waals surface area contributed by atoms with E-state index < -0.39 is 0 Å². The number of benzene rings is 7. The highest BCUT2D eigenvalue weighted by Crippen LogP contribution is 2.51. The molecule has 0 heterocycles. The molecule has 186 valence electrons. The van der Waals surface area contributed by atoms with Crippen LogP contribution in [0.4, 0.5) is 4.39 Å². The lowest BCUT2D eigenvalue weighted by molar-refractivity contribution is 0.634. The Morgan fingerprint density at radius 3 is 1.12 bits per heavy atom. The fourth-order valence-electron chi connectivity index (χ4n) is 7.25. The van der Waals surface area contributed by atoms with Crippen molar-refractivity contribution < 1.29 is 4.39 Å². The molecule has 0 saturated heterocycles. The summed E-state index contributed by atoms with van der Waals surface area (Å²) in [5.74, 6) is -0.168. The van der Waals surface area contributed by atoms with Gasteiger partial charge in [-0.05, 0) is 102 Å². The number of halogens is 1. The lowest BCUT2D eigenvalue weighted by Gasteiger charge is -2.16. The lowest BCUT2D eigenvalue weighted by Crippen LogP contribution is -1.94. The van der Waals surface area contributed by atoms with Crippen molar-refractivity contribution in [3.05, 3.63) is 133 Å². The fraction of sp³-hybridized carbons (Fsp3) is 0.0256. The molecule has 0 radical (unpaired) electrons. The highest BCUT2D eigenvalue weighted by atomic mass is 19.1. The first-order valence-corrected chi connectivity index (χ1v) is 13.8. The van der Waals surface area contributed by atoms with Crippen molar-refractivity contribution in [3.8, 4) is 66.8 Å². The van der Waals surface area contributed by atoms with Gasteiger partial charge in [-0.3, -0.25) is 0 Å². The Hall–Kier alpha value is -5.01. The monoisotopic (exact) mass is 510 g/mol. The van der Waals surface area contributed by atoms with Crippen LogP contribution in [0.3, 0.4) is 0 Å². The second-order valence-corrected chi connectivity index (χ2v) is 11.0. The zero-order chi connectivity index (χ0) is 26.5. The maximum absolute atomic E-state index is 16.8. The molecule has 7 aromatic carbocycles. The third-order valence-electron chi connectivity index (χ3n) is 8.89. The van der Waals surface area contributed by atoms with Gasteiger partial charge in [0.1, 0.15) is 5.82 Å². The van der Waals surface area contributed by atoms with Crippen LogP contribution < -0.4 is 0 Å². The quantitative estimate of drug-likeness (QED) is 0.217. The van der Waals surface area contributed by atoms with Gasteiger partial charge in [-0.2, -0.15) is 0 Å². The lowest BCUT2D eigenvalue weighted by atomic mass is 9.89. The normalized spacial score (nSPS) is 12.2. The molecule has 9 rings (SSSR count). The van der Waals surface area contributed by atoms with Gasteiger partial charge in [0.25, 0.3) is 0 Å². The van der Waals surface area contributed by atoms with E-state index in [0.29, 0.717) is 11.1 Å². The standard InChI is InChI=1S/C39H23F/c1-22-20-35(27-16-18-33-25-10-4-2-8-23(25)29-12-6-14-31(27)37(29)33)39(40)36(21-22)28-17-19-34-26-11-5-3-9-24(26)30-13-7-15-32(28)38(30)34/h2-21H,1H3. The molecule has 40 heavy (non-hydrogen) atoms. The van der Waals surface area contributed by atoms with Crippen molar-refractivity contribution in [1.82, 2.24) is 0 Å². The first-order valence-electron chi connectivity index (χ1n) is 13.8. The summed E-state index contributed by atoms with van der Waals surface area (Å²) in [6, 6.07) is 42.5. The van der Waals surface area contributed by atoms with Crippen LogP contribution in [0, 0.1) is 12.7 Å². The van der Waals surface area contributed by atoms with Crippen molar-refractivity contribution in [3.63, 3.8) is 0 Å². The molecule has 0 aromatic heterocycles. The molecule has 0 N–H and O–H groups in total. The van der Waals surface area contributed by atoms with Gasteiger partial charge in [-0.25, -0.2) is 4.39 Å². The smallest absolute Gasteiger partial charge is 0.138 e. The first-order chi connectivity index (χ1) is 19.7. The van der Waals surface area contributed by atoms with Crippen LogP contribution >= 0.6 is 0 Å². The Bertz CT molecular complexity index is 2020. The van der Waals surface area contributed by atoms with E-state index in [1.807, 2.05) is 12.1 Å². The van der Waals surface area contributed by atoms with Crippen LogP contribution in [0.1, 0.15) is 5.56 Å². The van der Waals surface area contributed by atoms with E-state index in [1.165, 1.54) is 55.3 Å². The molecule has 0 unspecified atom stereocenters. The second kappa shape index (κ2) is 7.77. The highest BCUT2D eigenvalue weighted by molar-refractivity contribution is 6.20. The summed E-state index contributed by atoms with van der Waals surface area (Å²) in [5.41, 5.74) is 14.1. The van der Waals surface area contributed by atoms with Crippen molar-refractivity contribution in [2.24, 2.45) is 0 Å².